The van der Waals surface area contributed by atoms with Crippen molar-refractivity contribution in [2.45, 2.75) is 12.3 Å². The molecule has 0 aliphatic rings. The Morgan fingerprint density at radius 1 is 1.28 bits per heavy atom. The molecule has 0 spiro atoms. The molecule has 1 aromatic carbocycles. The Morgan fingerprint density at radius 3 is 2.33 bits per heavy atom. The van der Waals surface area contributed by atoms with Crippen LogP contribution in [-0.2, 0) is 4.79 Å². The lowest BCUT2D eigenvalue weighted by molar-refractivity contribution is -0.122. The summed E-state index contributed by atoms with van der Waals surface area (Å²) in [4.78, 5) is 11.4. The van der Waals surface area contributed by atoms with Crippen molar-refractivity contribution >= 4 is 29.9 Å². The Balaban J connectivity index is 0.00000289. The highest BCUT2D eigenvalue weighted by atomic mass is 35.5. The highest BCUT2D eigenvalue weighted by molar-refractivity contribution is 6.18. The van der Waals surface area contributed by atoms with Gasteiger partial charge >= 0.3 is 0 Å². The molecular formula is C10H11Cl2F3N2O. The van der Waals surface area contributed by atoms with Crippen molar-refractivity contribution in [3.63, 3.8) is 0 Å². The molecular weight excluding hydrogens is 292 g/mol. The Morgan fingerprint density at radius 2 is 1.83 bits per heavy atom. The van der Waals surface area contributed by atoms with Crippen molar-refractivity contribution in [1.82, 2.24) is 5.43 Å². The molecule has 3 nitrogen and oxygen atoms in total. The fourth-order valence-corrected chi connectivity index (χ4v) is 1.66. The summed E-state index contributed by atoms with van der Waals surface area (Å²) in [5.41, 5.74) is 1.56. The van der Waals surface area contributed by atoms with E-state index >= 15 is 0 Å². The molecule has 1 rings (SSSR count). The first-order valence-corrected chi connectivity index (χ1v) is 5.25. The average Bonchev–Trinajstić information content (AvgIpc) is 2.30. The summed E-state index contributed by atoms with van der Waals surface area (Å²) >= 11 is 5.46. The molecule has 1 aromatic rings. The van der Waals surface area contributed by atoms with E-state index in [1.807, 2.05) is 5.43 Å². The summed E-state index contributed by atoms with van der Waals surface area (Å²) < 4.78 is 39.1. The Kier molecular flexibility index (Phi) is 7.05. The molecule has 0 aliphatic heterocycles. The molecule has 0 fully saturated rings. The lowest BCUT2D eigenvalue weighted by Gasteiger charge is -2.15. The third-order valence-corrected chi connectivity index (χ3v) is 2.49. The highest BCUT2D eigenvalue weighted by Crippen LogP contribution is 2.25. The van der Waals surface area contributed by atoms with Crippen LogP contribution in [0.2, 0.25) is 0 Å². The van der Waals surface area contributed by atoms with Crippen molar-refractivity contribution in [3.8, 4) is 0 Å². The zero-order valence-electron chi connectivity index (χ0n) is 9.05. The Bertz CT molecular complexity index is 432. The number of nitrogens with two attached hydrogens (primary N) is 1. The van der Waals surface area contributed by atoms with Crippen LogP contribution in [0.1, 0.15) is 17.9 Å². The smallest absolute Gasteiger partial charge is 0.241 e. The fourth-order valence-electron chi connectivity index (χ4n) is 1.44. The lowest BCUT2D eigenvalue weighted by Crippen LogP contribution is -2.35. The van der Waals surface area contributed by atoms with E-state index < -0.39 is 29.3 Å². The maximum atomic E-state index is 13.4. The molecule has 0 heterocycles. The molecule has 102 valence electrons. The Labute approximate surface area is 113 Å². The van der Waals surface area contributed by atoms with Crippen LogP contribution in [0.15, 0.2) is 12.1 Å². The summed E-state index contributed by atoms with van der Waals surface area (Å²) in [7, 11) is 0. The van der Waals surface area contributed by atoms with E-state index in [0.29, 0.717) is 12.1 Å². The normalized spacial score (nSPS) is 11.6. The minimum Gasteiger partial charge on any atom is -0.294 e. The highest BCUT2D eigenvalue weighted by Gasteiger charge is 2.24. The summed E-state index contributed by atoms with van der Waals surface area (Å²) in [5, 5.41) is 0. The second-order valence-electron chi connectivity index (χ2n) is 3.33. The lowest BCUT2D eigenvalue weighted by atomic mass is 9.95. The van der Waals surface area contributed by atoms with Gasteiger partial charge in [-0.1, -0.05) is 0 Å². The maximum absolute atomic E-state index is 13.4. The SMILES string of the molecule is Cl.NNC(=O)C(CCCl)c1cc(F)c(F)cc1F. The quantitative estimate of drug-likeness (QED) is 0.295. The standard InChI is InChI=1S/C10H10ClF3N2O.ClH/c11-2-1-5(10(17)16-15)6-3-8(13)9(14)4-7(6)12;/h3-5H,1-2,15H2,(H,16,17);1H. The van der Waals surface area contributed by atoms with E-state index in [4.69, 9.17) is 17.4 Å². The van der Waals surface area contributed by atoms with Gasteiger partial charge in [-0.2, -0.15) is 0 Å². The zero-order valence-corrected chi connectivity index (χ0v) is 10.6. The van der Waals surface area contributed by atoms with Gasteiger partial charge in [0, 0.05) is 17.5 Å². The molecule has 1 unspecified atom stereocenters. The monoisotopic (exact) mass is 302 g/mol. The van der Waals surface area contributed by atoms with Crippen LogP contribution in [0.5, 0.6) is 0 Å². The number of alkyl halides is 1. The molecule has 0 saturated heterocycles. The number of hydrazine groups is 1. The van der Waals surface area contributed by atoms with Gasteiger partial charge < -0.3 is 0 Å². The number of benzene rings is 1. The van der Waals surface area contributed by atoms with Crippen molar-refractivity contribution in [1.29, 1.82) is 0 Å². The third kappa shape index (κ3) is 3.76. The van der Waals surface area contributed by atoms with Gasteiger partial charge in [-0.15, -0.1) is 24.0 Å². The maximum Gasteiger partial charge on any atom is 0.241 e. The number of rotatable bonds is 4. The van der Waals surface area contributed by atoms with Gasteiger partial charge in [-0.05, 0) is 12.5 Å². The van der Waals surface area contributed by atoms with Crippen LogP contribution in [0.25, 0.3) is 0 Å². The summed E-state index contributed by atoms with van der Waals surface area (Å²) in [6.07, 6.45) is 0.0621. The molecule has 8 heteroatoms. The number of nitrogens with one attached hydrogen (secondary N) is 1. The van der Waals surface area contributed by atoms with Gasteiger partial charge in [-0.25, -0.2) is 19.0 Å². The van der Waals surface area contributed by atoms with E-state index in [-0.39, 0.29) is 30.3 Å². The van der Waals surface area contributed by atoms with Gasteiger partial charge in [0.2, 0.25) is 5.91 Å². The molecule has 3 N–H and O–H groups in total. The molecule has 18 heavy (non-hydrogen) atoms. The van der Waals surface area contributed by atoms with Crippen LogP contribution in [-0.4, -0.2) is 11.8 Å². The fraction of sp³-hybridized carbons (Fsp3) is 0.300. The topological polar surface area (TPSA) is 55.1 Å². The van der Waals surface area contributed by atoms with Crippen LogP contribution in [0, 0.1) is 17.5 Å². The van der Waals surface area contributed by atoms with E-state index in [9.17, 15) is 18.0 Å². The van der Waals surface area contributed by atoms with Crippen molar-refractivity contribution in [3.05, 3.63) is 35.1 Å². The largest absolute Gasteiger partial charge is 0.294 e. The molecule has 1 atom stereocenters. The first-order chi connectivity index (χ1) is 8.01. The first kappa shape index (κ1) is 17.0. The Hall–Kier alpha value is -0.980. The predicted molar refractivity (Wildman–Crippen MR) is 64.0 cm³/mol. The summed E-state index contributed by atoms with van der Waals surface area (Å²) in [6, 6.07) is 1.02. The summed E-state index contributed by atoms with van der Waals surface area (Å²) in [6.45, 7) is 0. The number of halogens is 5. The molecule has 0 aliphatic carbocycles. The number of hydrogen-bond donors (Lipinski definition) is 2. The molecule has 1 amide bonds. The number of amides is 1. The second kappa shape index (κ2) is 7.45. The molecule has 0 radical (unpaired) electrons. The summed E-state index contributed by atoms with van der Waals surface area (Å²) in [5.74, 6) is -0.341. The van der Waals surface area contributed by atoms with E-state index in [1.165, 1.54) is 0 Å². The van der Waals surface area contributed by atoms with Crippen LogP contribution in [0.3, 0.4) is 0 Å². The van der Waals surface area contributed by atoms with E-state index in [0.717, 1.165) is 0 Å². The van der Waals surface area contributed by atoms with Crippen LogP contribution in [0.4, 0.5) is 13.2 Å². The number of hydrogen-bond acceptors (Lipinski definition) is 2. The molecule has 0 bridgehead atoms. The van der Waals surface area contributed by atoms with E-state index in [2.05, 4.69) is 0 Å². The van der Waals surface area contributed by atoms with Crippen molar-refractivity contribution < 1.29 is 18.0 Å². The van der Waals surface area contributed by atoms with Gasteiger partial charge in [0.05, 0.1) is 5.92 Å². The van der Waals surface area contributed by atoms with Crippen molar-refractivity contribution in [2.75, 3.05) is 5.88 Å². The van der Waals surface area contributed by atoms with Gasteiger partial charge in [0.25, 0.3) is 0 Å². The third-order valence-electron chi connectivity index (χ3n) is 2.27. The van der Waals surface area contributed by atoms with Crippen LogP contribution >= 0.6 is 24.0 Å². The number of carbonyl (C=O) groups is 1. The predicted octanol–water partition coefficient (Wildman–Crippen LogP) is 2.23. The van der Waals surface area contributed by atoms with Gasteiger partial charge in [0.15, 0.2) is 11.6 Å². The van der Waals surface area contributed by atoms with E-state index in [1.54, 1.807) is 0 Å². The van der Waals surface area contributed by atoms with Crippen molar-refractivity contribution in [2.24, 2.45) is 5.84 Å². The minimum absolute atomic E-state index is 0. The van der Waals surface area contributed by atoms with Crippen LogP contribution < -0.4 is 11.3 Å². The molecule has 0 aromatic heterocycles. The second-order valence-corrected chi connectivity index (χ2v) is 3.70. The average molecular weight is 303 g/mol. The van der Waals surface area contributed by atoms with Gasteiger partial charge in [0.1, 0.15) is 5.82 Å². The van der Waals surface area contributed by atoms with Gasteiger partial charge in [-0.3, -0.25) is 10.2 Å². The number of carbonyl (C=O) groups excluding carboxylic acids is 1. The minimum atomic E-state index is -1.32. The zero-order chi connectivity index (χ0) is 13.0. The first-order valence-electron chi connectivity index (χ1n) is 4.72. The molecule has 0 saturated carbocycles.